The van der Waals surface area contributed by atoms with Crippen molar-refractivity contribution >= 4 is 54.0 Å². The number of benzene rings is 2. The number of hydrogen-bond acceptors (Lipinski definition) is 4. The summed E-state index contributed by atoms with van der Waals surface area (Å²) < 4.78 is 15.1. The minimum absolute atomic E-state index is 0.302. The molecule has 0 aliphatic rings. The van der Waals surface area contributed by atoms with Gasteiger partial charge >= 0.3 is 0 Å². The highest BCUT2D eigenvalue weighted by molar-refractivity contribution is 9.10. The highest BCUT2D eigenvalue weighted by Gasteiger charge is 2.09. The number of nitrogens with one attached hydrogen (secondary N) is 1. The molecule has 6 heteroatoms. The maximum Gasteiger partial charge on any atom is 0.188 e. The van der Waals surface area contributed by atoms with Crippen molar-refractivity contribution in [2.75, 3.05) is 11.1 Å². The molecule has 3 rings (SSSR count). The highest BCUT2D eigenvalue weighted by atomic mass is 79.9. The molecule has 2 aromatic carbocycles. The first-order chi connectivity index (χ1) is 9.52. The van der Waals surface area contributed by atoms with E-state index in [4.69, 9.17) is 5.73 Å². The summed E-state index contributed by atoms with van der Waals surface area (Å²) in [4.78, 5) is 4.46. The average molecular weight is 352 g/mol. The molecule has 20 heavy (non-hydrogen) atoms. The quantitative estimate of drug-likeness (QED) is 0.650. The number of aromatic nitrogens is 1. The summed E-state index contributed by atoms with van der Waals surface area (Å²) in [6.45, 7) is 1.91. The van der Waals surface area contributed by atoms with Crippen LogP contribution in [-0.4, -0.2) is 4.98 Å². The molecular formula is C14H11BrFN3S. The van der Waals surface area contributed by atoms with Gasteiger partial charge in [0.25, 0.3) is 0 Å². The zero-order valence-electron chi connectivity index (χ0n) is 10.6. The summed E-state index contributed by atoms with van der Waals surface area (Å²) in [7, 11) is 0. The van der Waals surface area contributed by atoms with Crippen molar-refractivity contribution in [2.45, 2.75) is 6.92 Å². The molecule has 0 spiro atoms. The molecule has 1 aromatic heterocycles. The Morgan fingerprint density at radius 1 is 1.30 bits per heavy atom. The summed E-state index contributed by atoms with van der Waals surface area (Å²) in [5.74, 6) is -0.302. The van der Waals surface area contributed by atoms with Crippen LogP contribution in [0.3, 0.4) is 0 Å². The van der Waals surface area contributed by atoms with Crippen LogP contribution in [0.25, 0.3) is 10.2 Å². The van der Waals surface area contributed by atoms with Gasteiger partial charge in [-0.15, -0.1) is 0 Å². The number of aryl methyl sites for hydroxylation is 1. The van der Waals surface area contributed by atoms with Gasteiger partial charge in [-0.3, -0.25) is 0 Å². The molecule has 0 aliphatic carbocycles. The second-order valence-electron chi connectivity index (χ2n) is 4.45. The van der Waals surface area contributed by atoms with Gasteiger partial charge in [0, 0.05) is 11.4 Å². The van der Waals surface area contributed by atoms with Crippen molar-refractivity contribution in [3.8, 4) is 0 Å². The van der Waals surface area contributed by atoms with Gasteiger partial charge in [-0.1, -0.05) is 11.3 Å². The van der Waals surface area contributed by atoms with Gasteiger partial charge in [-0.25, -0.2) is 9.37 Å². The molecule has 0 saturated carbocycles. The zero-order valence-corrected chi connectivity index (χ0v) is 13.0. The molecule has 3 aromatic rings. The molecule has 102 valence electrons. The van der Waals surface area contributed by atoms with Crippen molar-refractivity contribution in [3.63, 3.8) is 0 Å². The number of fused-ring (bicyclic) bond motifs is 1. The Morgan fingerprint density at radius 2 is 2.10 bits per heavy atom. The van der Waals surface area contributed by atoms with E-state index in [0.717, 1.165) is 20.9 Å². The Balaban J connectivity index is 1.99. The SMILES string of the molecule is Cc1cc(Br)c(F)cc1Nc1nc2ccc(N)cc2s1. The Hall–Kier alpha value is -1.66. The van der Waals surface area contributed by atoms with E-state index in [1.54, 1.807) is 6.07 Å². The van der Waals surface area contributed by atoms with Gasteiger partial charge in [0.05, 0.1) is 14.7 Å². The fourth-order valence-corrected chi connectivity index (χ4v) is 3.28. The number of thiazole rings is 1. The molecule has 0 radical (unpaired) electrons. The van der Waals surface area contributed by atoms with Crippen molar-refractivity contribution in [1.82, 2.24) is 4.98 Å². The first-order valence-electron chi connectivity index (χ1n) is 5.91. The number of rotatable bonds is 2. The van der Waals surface area contributed by atoms with E-state index in [2.05, 4.69) is 26.2 Å². The lowest BCUT2D eigenvalue weighted by Crippen LogP contribution is -1.94. The van der Waals surface area contributed by atoms with Crippen LogP contribution in [0.5, 0.6) is 0 Å². The molecule has 3 nitrogen and oxygen atoms in total. The molecule has 1 heterocycles. The van der Waals surface area contributed by atoms with E-state index in [1.807, 2.05) is 25.1 Å². The minimum atomic E-state index is -0.302. The predicted molar refractivity (Wildman–Crippen MR) is 86.2 cm³/mol. The van der Waals surface area contributed by atoms with E-state index in [0.29, 0.717) is 15.8 Å². The van der Waals surface area contributed by atoms with Gasteiger partial charge in [0.1, 0.15) is 5.82 Å². The summed E-state index contributed by atoms with van der Waals surface area (Å²) in [5, 5.41) is 3.87. The van der Waals surface area contributed by atoms with E-state index < -0.39 is 0 Å². The maximum atomic E-state index is 13.6. The lowest BCUT2D eigenvalue weighted by atomic mass is 10.2. The van der Waals surface area contributed by atoms with E-state index >= 15 is 0 Å². The van der Waals surface area contributed by atoms with Crippen LogP contribution in [0.15, 0.2) is 34.8 Å². The van der Waals surface area contributed by atoms with Crippen molar-refractivity contribution in [3.05, 3.63) is 46.2 Å². The Kier molecular flexibility index (Phi) is 3.35. The first-order valence-corrected chi connectivity index (χ1v) is 7.52. The molecule has 0 aliphatic heterocycles. The largest absolute Gasteiger partial charge is 0.399 e. The smallest absolute Gasteiger partial charge is 0.188 e. The molecule has 0 saturated heterocycles. The summed E-state index contributed by atoms with van der Waals surface area (Å²) in [5.41, 5.74) is 8.98. The number of nitrogens with two attached hydrogens (primary N) is 1. The lowest BCUT2D eigenvalue weighted by Gasteiger charge is -2.07. The van der Waals surface area contributed by atoms with E-state index in [1.165, 1.54) is 17.4 Å². The Bertz CT molecular complexity index is 800. The van der Waals surface area contributed by atoms with Crippen LogP contribution in [0, 0.1) is 12.7 Å². The van der Waals surface area contributed by atoms with Gasteiger partial charge in [0.15, 0.2) is 5.13 Å². The summed E-state index contributed by atoms with van der Waals surface area (Å²) >= 11 is 4.66. The molecule has 0 atom stereocenters. The topological polar surface area (TPSA) is 50.9 Å². The van der Waals surface area contributed by atoms with Crippen LogP contribution >= 0.6 is 27.3 Å². The van der Waals surface area contributed by atoms with E-state index in [9.17, 15) is 4.39 Å². The van der Waals surface area contributed by atoms with Gasteiger partial charge in [-0.2, -0.15) is 0 Å². The monoisotopic (exact) mass is 351 g/mol. The third-order valence-corrected chi connectivity index (χ3v) is 4.46. The van der Waals surface area contributed by atoms with Gasteiger partial charge in [0.2, 0.25) is 0 Å². The standard InChI is InChI=1S/C14H11BrFN3S/c1-7-4-9(15)10(16)6-12(7)19-14-18-11-3-2-8(17)5-13(11)20-14/h2-6H,17H2,1H3,(H,18,19). The third kappa shape index (κ3) is 2.48. The number of anilines is 3. The van der Waals surface area contributed by atoms with Crippen LogP contribution in [-0.2, 0) is 0 Å². The molecular weight excluding hydrogens is 341 g/mol. The van der Waals surface area contributed by atoms with Crippen LogP contribution in [0.1, 0.15) is 5.56 Å². The van der Waals surface area contributed by atoms with Crippen molar-refractivity contribution in [2.24, 2.45) is 0 Å². The fraction of sp³-hybridized carbons (Fsp3) is 0.0714. The number of hydrogen-bond donors (Lipinski definition) is 2. The molecule has 0 amide bonds. The predicted octanol–water partition coefficient (Wildman–Crippen LogP) is 4.83. The second-order valence-corrected chi connectivity index (χ2v) is 6.34. The van der Waals surface area contributed by atoms with Crippen LogP contribution < -0.4 is 11.1 Å². The van der Waals surface area contributed by atoms with Gasteiger partial charge in [-0.05, 0) is 58.7 Å². The normalized spacial score (nSPS) is 10.9. The first kappa shape index (κ1) is 13.3. The Labute approximate surface area is 127 Å². The summed E-state index contributed by atoms with van der Waals surface area (Å²) in [6, 6.07) is 8.77. The number of nitrogens with zero attached hydrogens (tertiary/aromatic N) is 1. The van der Waals surface area contributed by atoms with Crippen LogP contribution in [0.4, 0.5) is 20.9 Å². The van der Waals surface area contributed by atoms with Crippen molar-refractivity contribution < 1.29 is 4.39 Å². The van der Waals surface area contributed by atoms with Crippen molar-refractivity contribution in [1.29, 1.82) is 0 Å². The fourth-order valence-electron chi connectivity index (χ4n) is 1.89. The van der Waals surface area contributed by atoms with Crippen LogP contribution in [0.2, 0.25) is 0 Å². The number of nitrogen functional groups attached to an aromatic ring is 1. The van der Waals surface area contributed by atoms with Gasteiger partial charge < -0.3 is 11.1 Å². The molecule has 0 fully saturated rings. The van der Waals surface area contributed by atoms with E-state index in [-0.39, 0.29) is 5.82 Å². The Morgan fingerprint density at radius 3 is 2.90 bits per heavy atom. The molecule has 0 unspecified atom stereocenters. The maximum absolute atomic E-state index is 13.6. The second kappa shape index (κ2) is 5.03. The molecule has 3 N–H and O–H groups in total. The third-order valence-electron chi connectivity index (χ3n) is 2.92. The highest BCUT2D eigenvalue weighted by Crippen LogP contribution is 2.32. The summed E-state index contributed by atoms with van der Waals surface area (Å²) in [6.07, 6.45) is 0. The zero-order chi connectivity index (χ0) is 14.3. The lowest BCUT2D eigenvalue weighted by molar-refractivity contribution is 0.621. The number of halogens is 2. The minimum Gasteiger partial charge on any atom is -0.399 e. The molecule has 0 bridgehead atoms. The average Bonchev–Trinajstić information content (AvgIpc) is 2.77.